The number of amides is 1. The number of rotatable bonds is 9. The number of sulfonamides is 1. The van der Waals surface area contributed by atoms with Crippen LogP contribution < -0.4 is 10.0 Å². The average Bonchev–Trinajstić information content (AvgIpc) is 3.41. The molecule has 1 atom stereocenters. The second-order valence-electron chi connectivity index (χ2n) is 6.94. The number of hydrogen-bond acceptors (Lipinski definition) is 5. The molecule has 0 saturated carbocycles. The molecule has 1 aromatic heterocycles. The SMILES string of the molecule is CCC(CNC(=O)c1ccc(S(=O)(=O)NCc2ccco2)cc1)N1CCCC1. The number of nitrogens with zero attached hydrogens (tertiary/aromatic N) is 1. The van der Waals surface area contributed by atoms with E-state index < -0.39 is 10.0 Å². The van der Waals surface area contributed by atoms with Crippen molar-refractivity contribution in [3.8, 4) is 0 Å². The number of benzene rings is 1. The van der Waals surface area contributed by atoms with Crippen molar-refractivity contribution in [2.45, 2.75) is 43.7 Å². The third-order valence-corrected chi connectivity index (χ3v) is 6.49. The fourth-order valence-electron chi connectivity index (χ4n) is 3.40. The Labute approximate surface area is 166 Å². The molecule has 2 N–H and O–H groups in total. The zero-order valence-corrected chi connectivity index (χ0v) is 16.9. The van der Waals surface area contributed by atoms with E-state index in [1.54, 1.807) is 12.1 Å². The highest BCUT2D eigenvalue weighted by molar-refractivity contribution is 7.89. The molecule has 3 rings (SSSR count). The van der Waals surface area contributed by atoms with Crippen LogP contribution in [0.25, 0.3) is 0 Å². The first kappa shape index (κ1) is 20.6. The first-order valence-electron chi connectivity index (χ1n) is 9.64. The maximum absolute atomic E-state index is 12.4. The quantitative estimate of drug-likeness (QED) is 0.668. The summed E-state index contributed by atoms with van der Waals surface area (Å²) in [6.45, 7) is 4.98. The Bertz CT molecular complexity index is 857. The van der Waals surface area contributed by atoms with Gasteiger partial charge in [-0.1, -0.05) is 6.92 Å². The summed E-state index contributed by atoms with van der Waals surface area (Å²) in [4.78, 5) is 14.9. The smallest absolute Gasteiger partial charge is 0.251 e. The van der Waals surface area contributed by atoms with Crippen molar-refractivity contribution in [2.24, 2.45) is 0 Å². The van der Waals surface area contributed by atoms with E-state index in [-0.39, 0.29) is 17.3 Å². The van der Waals surface area contributed by atoms with E-state index in [1.165, 1.54) is 43.4 Å². The van der Waals surface area contributed by atoms with Gasteiger partial charge in [0.1, 0.15) is 5.76 Å². The fourth-order valence-corrected chi connectivity index (χ4v) is 4.39. The van der Waals surface area contributed by atoms with Gasteiger partial charge < -0.3 is 9.73 Å². The monoisotopic (exact) mass is 405 g/mol. The van der Waals surface area contributed by atoms with Crippen LogP contribution in [0.2, 0.25) is 0 Å². The molecule has 0 spiro atoms. The summed E-state index contributed by atoms with van der Waals surface area (Å²) in [6, 6.07) is 9.69. The van der Waals surface area contributed by atoms with Crippen molar-refractivity contribution >= 4 is 15.9 Å². The molecule has 1 aliphatic rings. The van der Waals surface area contributed by atoms with E-state index in [9.17, 15) is 13.2 Å². The predicted molar refractivity (Wildman–Crippen MR) is 106 cm³/mol. The molecule has 1 aromatic carbocycles. The van der Waals surface area contributed by atoms with Gasteiger partial charge in [0.15, 0.2) is 0 Å². The van der Waals surface area contributed by atoms with Gasteiger partial charge in [0.2, 0.25) is 10.0 Å². The van der Waals surface area contributed by atoms with Crippen molar-refractivity contribution in [2.75, 3.05) is 19.6 Å². The highest BCUT2D eigenvalue weighted by atomic mass is 32.2. The summed E-state index contributed by atoms with van der Waals surface area (Å²) in [5.41, 5.74) is 0.446. The molecule has 7 nitrogen and oxygen atoms in total. The average molecular weight is 406 g/mol. The Balaban J connectivity index is 1.55. The normalized spacial score (nSPS) is 16.2. The molecule has 1 amide bonds. The minimum absolute atomic E-state index is 0.0759. The molecule has 1 saturated heterocycles. The topological polar surface area (TPSA) is 91.6 Å². The second-order valence-corrected chi connectivity index (χ2v) is 8.71. The van der Waals surface area contributed by atoms with Gasteiger partial charge in [-0.25, -0.2) is 13.1 Å². The lowest BCUT2D eigenvalue weighted by Gasteiger charge is -2.26. The van der Waals surface area contributed by atoms with Crippen molar-refractivity contribution in [1.29, 1.82) is 0 Å². The predicted octanol–water partition coefficient (Wildman–Crippen LogP) is 2.36. The Hall–Kier alpha value is -2.16. The maximum Gasteiger partial charge on any atom is 0.251 e. The summed E-state index contributed by atoms with van der Waals surface area (Å²) >= 11 is 0. The third-order valence-electron chi connectivity index (χ3n) is 5.07. The van der Waals surface area contributed by atoms with E-state index in [2.05, 4.69) is 21.9 Å². The summed E-state index contributed by atoms with van der Waals surface area (Å²) in [6.07, 6.45) is 4.91. The highest BCUT2D eigenvalue weighted by Crippen LogP contribution is 2.14. The number of nitrogens with one attached hydrogen (secondary N) is 2. The molecule has 2 heterocycles. The Morgan fingerprint density at radius 1 is 1.18 bits per heavy atom. The van der Waals surface area contributed by atoms with Crippen LogP contribution in [0.5, 0.6) is 0 Å². The molecule has 2 aromatic rings. The van der Waals surface area contributed by atoms with E-state index in [1.807, 2.05) is 0 Å². The molecule has 0 bridgehead atoms. The van der Waals surface area contributed by atoms with Crippen LogP contribution in [0, 0.1) is 0 Å². The van der Waals surface area contributed by atoms with Crippen molar-refractivity contribution in [3.05, 3.63) is 54.0 Å². The van der Waals surface area contributed by atoms with E-state index >= 15 is 0 Å². The Kier molecular flexibility index (Phi) is 6.88. The Morgan fingerprint density at radius 3 is 2.50 bits per heavy atom. The summed E-state index contributed by atoms with van der Waals surface area (Å²) < 4.78 is 32.3. The van der Waals surface area contributed by atoms with Gasteiger partial charge >= 0.3 is 0 Å². The highest BCUT2D eigenvalue weighted by Gasteiger charge is 2.21. The van der Waals surface area contributed by atoms with E-state index in [0.29, 0.717) is 23.9 Å². The van der Waals surface area contributed by atoms with Gasteiger partial charge in [0, 0.05) is 18.2 Å². The lowest BCUT2D eigenvalue weighted by atomic mass is 10.1. The maximum atomic E-state index is 12.4. The van der Waals surface area contributed by atoms with Gasteiger partial charge in [-0.05, 0) is 68.8 Å². The van der Waals surface area contributed by atoms with Crippen molar-refractivity contribution in [1.82, 2.24) is 14.9 Å². The molecule has 152 valence electrons. The second kappa shape index (κ2) is 9.36. The molecule has 0 aliphatic carbocycles. The fraction of sp³-hybridized carbons (Fsp3) is 0.450. The van der Waals surface area contributed by atoms with Crippen LogP contribution >= 0.6 is 0 Å². The first-order valence-corrected chi connectivity index (χ1v) is 11.1. The Morgan fingerprint density at radius 2 is 1.89 bits per heavy atom. The van der Waals surface area contributed by atoms with Crippen LogP contribution in [-0.4, -0.2) is 44.9 Å². The van der Waals surface area contributed by atoms with Crippen LogP contribution in [0.4, 0.5) is 0 Å². The molecular weight excluding hydrogens is 378 g/mol. The summed E-state index contributed by atoms with van der Waals surface area (Å²) in [7, 11) is -3.67. The first-order chi connectivity index (χ1) is 13.5. The van der Waals surface area contributed by atoms with Crippen LogP contribution in [0.3, 0.4) is 0 Å². The van der Waals surface area contributed by atoms with Gasteiger partial charge in [-0.15, -0.1) is 0 Å². The summed E-state index contributed by atoms with van der Waals surface area (Å²) in [5.74, 6) is 0.341. The van der Waals surface area contributed by atoms with Gasteiger partial charge in [-0.3, -0.25) is 9.69 Å². The molecule has 1 aliphatic heterocycles. The number of hydrogen-bond donors (Lipinski definition) is 2. The van der Waals surface area contributed by atoms with E-state index in [0.717, 1.165) is 19.5 Å². The summed E-state index contributed by atoms with van der Waals surface area (Å²) in [5, 5.41) is 2.97. The zero-order chi connectivity index (χ0) is 20.0. The minimum atomic E-state index is -3.67. The third kappa shape index (κ3) is 5.21. The molecule has 1 unspecified atom stereocenters. The van der Waals surface area contributed by atoms with Crippen LogP contribution in [0.1, 0.15) is 42.3 Å². The minimum Gasteiger partial charge on any atom is -0.468 e. The van der Waals surface area contributed by atoms with E-state index in [4.69, 9.17) is 4.42 Å². The largest absolute Gasteiger partial charge is 0.468 e. The lowest BCUT2D eigenvalue weighted by molar-refractivity contribution is 0.0937. The number of likely N-dealkylation sites (tertiary alicyclic amines) is 1. The lowest BCUT2D eigenvalue weighted by Crippen LogP contribution is -2.42. The molecule has 28 heavy (non-hydrogen) atoms. The van der Waals surface area contributed by atoms with Gasteiger partial charge in [0.25, 0.3) is 5.91 Å². The van der Waals surface area contributed by atoms with Gasteiger partial charge in [-0.2, -0.15) is 0 Å². The van der Waals surface area contributed by atoms with Crippen LogP contribution in [0.15, 0.2) is 52.0 Å². The number of carbonyl (C=O) groups is 1. The molecule has 0 radical (unpaired) electrons. The zero-order valence-electron chi connectivity index (χ0n) is 16.1. The standard InChI is InChI=1S/C20H27N3O4S/c1-2-17(23-11-3-4-12-23)14-21-20(24)16-7-9-19(10-8-16)28(25,26)22-15-18-6-5-13-27-18/h5-10,13,17,22H,2-4,11-12,14-15H2,1H3,(H,21,24). The molecular formula is C20H27N3O4S. The molecule has 8 heteroatoms. The number of carbonyl (C=O) groups excluding carboxylic acids is 1. The molecule has 1 fully saturated rings. The van der Waals surface area contributed by atoms with Crippen molar-refractivity contribution < 1.29 is 17.6 Å². The van der Waals surface area contributed by atoms with Crippen molar-refractivity contribution in [3.63, 3.8) is 0 Å². The van der Waals surface area contributed by atoms with Crippen LogP contribution in [-0.2, 0) is 16.6 Å². The van der Waals surface area contributed by atoms with Gasteiger partial charge in [0.05, 0.1) is 17.7 Å². The number of furan rings is 1.